The van der Waals surface area contributed by atoms with Gasteiger partial charge in [0.1, 0.15) is 17.2 Å². The highest BCUT2D eigenvalue weighted by atomic mass is 16.6. The molecule has 34 heavy (non-hydrogen) atoms. The molecule has 0 radical (unpaired) electrons. The fourth-order valence-corrected chi connectivity index (χ4v) is 4.39. The molecule has 0 bridgehead atoms. The van der Waals surface area contributed by atoms with Crippen molar-refractivity contribution in [3.63, 3.8) is 0 Å². The number of hydrogen-bond donors (Lipinski definition) is 1. The summed E-state index contributed by atoms with van der Waals surface area (Å²) in [7, 11) is 0. The Morgan fingerprint density at radius 3 is 2.44 bits per heavy atom. The first-order chi connectivity index (χ1) is 16.1. The number of aromatic nitrogens is 3. The molecule has 1 atom stereocenters. The molecule has 2 saturated heterocycles. The quantitative estimate of drug-likeness (QED) is 0.717. The van der Waals surface area contributed by atoms with Gasteiger partial charge < -0.3 is 29.2 Å². The van der Waals surface area contributed by atoms with Gasteiger partial charge in [-0.3, -0.25) is 0 Å². The SMILES string of the molecule is CC(C)n1cnc2c(NC3CCN(C(=O)O[C@H]4CCN(C(=O)OC(C)(C)C)C4)CC3)ccnc21. The summed E-state index contributed by atoms with van der Waals surface area (Å²) in [6.45, 7) is 11.9. The number of nitrogens with one attached hydrogen (secondary N) is 1. The minimum atomic E-state index is -0.541. The topological polar surface area (TPSA) is 102 Å². The fourth-order valence-electron chi connectivity index (χ4n) is 4.39. The molecule has 186 valence electrons. The van der Waals surface area contributed by atoms with Gasteiger partial charge in [0.05, 0.1) is 18.6 Å². The summed E-state index contributed by atoms with van der Waals surface area (Å²) in [6.07, 6.45) is 4.94. The maximum absolute atomic E-state index is 12.7. The highest BCUT2D eigenvalue weighted by Gasteiger charge is 2.33. The first-order valence-electron chi connectivity index (χ1n) is 12.1. The lowest BCUT2D eigenvalue weighted by atomic mass is 10.1. The number of carbonyl (C=O) groups excluding carboxylic acids is 2. The average molecular weight is 473 g/mol. The molecule has 0 aliphatic carbocycles. The van der Waals surface area contributed by atoms with Crippen molar-refractivity contribution < 1.29 is 19.1 Å². The molecule has 2 amide bonds. The minimum absolute atomic E-state index is 0.244. The van der Waals surface area contributed by atoms with Crippen LogP contribution in [0, 0.1) is 0 Å². The standard InChI is InChI=1S/C24H36N6O4/c1-16(2)30-15-26-20-19(6-10-25-21(20)30)27-17-7-11-28(12-8-17)22(31)33-18-9-13-29(14-18)23(32)34-24(3,4)5/h6,10,15-18H,7-9,11-14H2,1-5H3,(H,25,27)/t18-/m0/s1. The Bertz CT molecular complexity index is 1020. The first-order valence-corrected chi connectivity index (χ1v) is 12.1. The summed E-state index contributed by atoms with van der Waals surface area (Å²) in [5.41, 5.74) is 2.17. The summed E-state index contributed by atoms with van der Waals surface area (Å²) in [6, 6.07) is 2.49. The van der Waals surface area contributed by atoms with Crippen molar-refractivity contribution in [2.24, 2.45) is 0 Å². The number of ether oxygens (including phenoxy) is 2. The van der Waals surface area contributed by atoms with E-state index >= 15 is 0 Å². The van der Waals surface area contributed by atoms with Gasteiger partial charge in [-0.2, -0.15) is 0 Å². The summed E-state index contributed by atoms with van der Waals surface area (Å²) >= 11 is 0. The van der Waals surface area contributed by atoms with Crippen molar-refractivity contribution in [1.29, 1.82) is 0 Å². The molecule has 2 aromatic rings. The fraction of sp³-hybridized carbons (Fsp3) is 0.667. The van der Waals surface area contributed by atoms with Crippen molar-refractivity contribution in [3.05, 3.63) is 18.6 Å². The van der Waals surface area contributed by atoms with Crippen molar-refractivity contribution in [1.82, 2.24) is 24.3 Å². The Labute approximate surface area is 200 Å². The second-order valence-electron chi connectivity index (χ2n) is 10.4. The number of nitrogens with zero attached hydrogens (tertiary/aromatic N) is 5. The summed E-state index contributed by atoms with van der Waals surface area (Å²) in [5.74, 6) is 0. The third kappa shape index (κ3) is 5.53. The highest BCUT2D eigenvalue weighted by molar-refractivity contribution is 5.85. The molecule has 0 saturated carbocycles. The lowest BCUT2D eigenvalue weighted by molar-refractivity contribution is 0.0235. The third-order valence-corrected chi connectivity index (χ3v) is 6.19. The van der Waals surface area contributed by atoms with E-state index in [1.165, 1.54) is 0 Å². The molecule has 2 aromatic heterocycles. The molecule has 10 nitrogen and oxygen atoms in total. The largest absolute Gasteiger partial charge is 0.444 e. The lowest BCUT2D eigenvalue weighted by Gasteiger charge is -2.33. The van der Waals surface area contributed by atoms with E-state index in [9.17, 15) is 9.59 Å². The van der Waals surface area contributed by atoms with Crippen LogP contribution in [0.1, 0.15) is 59.9 Å². The predicted molar refractivity (Wildman–Crippen MR) is 129 cm³/mol. The van der Waals surface area contributed by atoms with Crippen molar-refractivity contribution in [2.75, 3.05) is 31.5 Å². The zero-order chi connectivity index (χ0) is 24.5. The van der Waals surface area contributed by atoms with Crippen molar-refractivity contribution in [3.8, 4) is 0 Å². The molecule has 2 fully saturated rings. The normalized spacial score (nSPS) is 19.6. The number of hydrogen-bond acceptors (Lipinski definition) is 7. The maximum Gasteiger partial charge on any atom is 0.410 e. The van der Waals surface area contributed by atoms with E-state index in [4.69, 9.17) is 9.47 Å². The van der Waals surface area contributed by atoms with Gasteiger partial charge in [-0.1, -0.05) is 0 Å². The van der Waals surface area contributed by atoms with Gasteiger partial charge in [0.15, 0.2) is 5.65 Å². The van der Waals surface area contributed by atoms with E-state index in [0.29, 0.717) is 32.6 Å². The van der Waals surface area contributed by atoms with Gasteiger partial charge in [-0.05, 0) is 53.5 Å². The Kier molecular flexibility index (Phi) is 6.86. The molecule has 2 aliphatic heterocycles. The number of fused-ring (bicyclic) bond motifs is 1. The predicted octanol–water partition coefficient (Wildman–Crippen LogP) is 4.03. The van der Waals surface area contributed by atoms with Crippen LogP contribution in [0.5, 0.6) is 0 Å². The van der Waals surface area contributed by atoms with E-state index in [0.717, 1.165) is 29.7 Å². The number of imidazole rings is 1. The van der Waals surface area contributed by atoms with Crippen LogP contribution < -0.4 is 5.32 Å². The molecular weight excluding hydrogens is 436 g/mol. The van der Waals surface area contributed by atoms with Crippen LogP contribution in [0.15, 0.2) is 18.6 Å². The molecule has 4 heterocycles. The number of pyridine rings is 1. The van der Waals surface area contributed by atoms with Crippen LogP contribution in [0.25, 0.3) is 11.2 Å². The van der Waals surface area contributed by atoms with Crippen LogP contribution in [0.4, 0.5) is 15.3 Å². The number of likely N-dealkylation sites (tertiary alicyclic amines) is 2. The van der Waals surface area contributed by atoms with Gasteiger partial charge in [-0.25, -0.2) is 19.6 Å². The minimum Gasteiger partial charge on any atom is -0.444 e. The lowest BCUT2D eigenvalue weighted by Crippen LogP contribution is -2.44. The summed E-state index contributed by atoms with van der Waals surface area (Å²) in [5, 5.41) is 3.59. The monoisotopic (exact) mass is 472 g/mol. The van der Waals surface area contributed by atoms with E-state index < -0.39 is 5.60 Å². The Morgan fingerprint density at radius 2 is 1.76 bits per heavy atom. The first kappa shape index (κ1) is 24.1. The van der Waals surface area contributed by atoms with Crippen LogP contribution in [0.3, 0.4) is 0 Å². The number of piperidine rings is 1. The molecular formula is C24H36N6O4. The van der Waals surface area contributed by atoms with Gasteiger partial charge in [0, 0.05) is 44.3 Å². The number of rotatable bonds is 4. The van der Waals surface area contributed by atoms with Crippen LogP contribution >= 0.6 is 0 Å². The van der Waals surface area contributed by atoms with Gasteiger partial charge in [0.2, 0.25) is 0 Å². The number of anilines is 1. The highest BCUT2D eigenvalue weighted by Crippen LogP contribution is 2.25. The molecule has 10 heteroatoms. The Hall–Kier alpha value is -3.04. The third-order valence-electron chi connectivity index (χ3n) is 6.19. The van der Waals surface area contributed by atoms with Gasteiger partial charge in [0.25, 0.3) is 0 Å². The van der Waals surface area contributed by atoms with Crippen molar-refractivity contribution in [2.45, 2.75) is 77.7 Å². The van der Waals surface area contributed by atoms with E-state index in [1.54, 1.807) is 16.0 Å². The van der Waals surface area contributed by atoms with E-state index in [1.807, 2.05) is 33.2 Å². The van der Waals surface area contributed by atoms with E-state index in [2.05, 4.69) is 33.7 Å². The molecule has 0 spiro atoms. The average Bonchev–Trinajstić information content (AvgIpc) is 3.41. The molecule has 4 rings (SSSR count). The second-order valence-corrected chi connectivity index (χ2v) is 10.4. The smallest absolute Gasteiger partial charge is 0.410 e. The molecule has 1 N–H and O–H groups in total. The second kappa shape index (κ2) is 9.68. The van der Waals surface area contributed by atoms with Gasteiger partial charge in [-0.15, -0.1) is 0 Å². The Balaban J connectivity index is 1.26. The zero-order valence-corrected chi connectivity index (χ0v) is 20.8. The van der Waals surface area contributed by atoms with Crippen LogP contribution in [0.2, 0.25) is 0 Å². The summed E-state index contributed by atoms with van der Waals surface area (Å²) < 4.78 is 13.2. The molecule has 2 aliphatic rings. The zero-order valence-electron chi connectivity index (χ0n) is 20.8. The van der Waals surface area contributed by atoms with Crippen LogP contribution in [-0.2, 0) is 9.47 Å². The number of amides is 2. The number of carbonyl (C=O) groups is 2. The molecule has 0 aromatic carbocycles. The van der Waals surface area contributed by atoms with Crippen LogP contribution in [-0.4, -0.2) is 80.4 Å². The Morgan fingerprint density at radius 1 is 1.06 bits per heavy atom. The summed E-state index contributed by atoms with van der Waals surface area (Å²) in [4.78, 5) is 37.3. The molecule has 0 unspecified atom stereocenters. The maximum atomic E-state index is 12.7. The van der Waals surface area contributed by atoms with E-state index in [-0.39, 0.29) is 30.4 Å². The van der Waals surface area contributed by atoms with Gasteiger partial charge >= 0.3 is 12.2 Å². The van der Waals surface area contributed by atoms with Crippen molar-refractivity contribution >= 4 is 29.0 Å².